The van der Waals surface area contributed by atoms with Crippen molar-refractivity contribution in [3.63, 3.8) is 0 Å². The van der Waals surface area contributed by atoms with Crippen LogP contribution in [-0.2, 0) is 14.3 Å². The molecule has 0 aromatic rings. The van der Waals surface area contributed by atoms with Gasteiger partial charge in [0.05, 0.1) is 0 Å². The number of nitrogens with zero attached hydrogens (tertiary/aromatic N) is 4. The molecule has 0 spiro atoms. The predicted molar refractivity (Wildman–Crippen MR) is 128 cm³/mol. The first-order valence-electron chi connectivity index (χ1n) is 11.4. The zero-order valence-electron chi connectivity index (χ0n) is 18.3. The largest absolute Gasteiger partial charge is 0.368 e. The van der Waals surface area contributed by atoms with Crippen LogP contribution in [0.1, 0.15) is 51.9 Å². The Morgan fingerprint density at radius 1 is 1.10 bits per heavy atom. The minimum absolute atomic E-state index is 0. The number of ether oxygens (including phenoxy) is 1. The zero-order chi connectivity index (χ0) is 20.5. The number of rotatable bonds is 6. The van der Waals surface area contributed by atoms with Crippen molar-refractivity contribution < 1.29 is 14.3 Å². The number of carbonyl (C=O) groups is 2. The Hall–Kier alpha value is -1.10. The molecule has 0 aromatic carbocycles. The smallest absolute Gasteiger partial charge is 0.251 e. The monoisotopic (exact) mass is 535 g/mol. The highest BCUT2D eigenvalue weighted by Gasteiger charge is 2.30. The van der Waals surface area contributed by atoms with Gasteiger partial charge in [0.1, 0.15) is 6.10 Å². The highest BCUT2D eigenvalue weighted by molar-refractivity contribution is 14.0. The van der Waals surface area contributed by atoms with E-state index in [-0.39, 0.29) is 36.0 Å². The summed E-state index contributed by atoms with van der Waals surface area (Å²) in [4.78, 5) is 35.6. The topological polar surface area (TPSA) is 77.5 Å². The molecule has 3 aliphatic rings. The lowest BCUT2D eigenvalue weighted by molar-refractivity contribution is -0.142. The summed E-state index contributed by atoms with van der Waals surface area (Å²) >= 11 is 0. The molecule has 1 atom stereocenters. The van der Waals surface area contributed by atoms with Crippen molar-refractivity contribution in [2.75, 3.05) is 59.0 Å². The maximum absolute atomic E-state index is 12.5. The van der Waals surface area contributed by atoms with Crippen molar-refractivity contribution in [2.24, 2.45) is 4.99 Å². The fourth-order valence-electron chi connectivity index (χ4n) is 4.26. The Balaban J connectivity index is 0.00000320. The minimum atomic E-state index is -0.231. The Kier molecular flexibility index (Phi) is 11.2. The molecular formula is C21H38IN5O3. The van der Waals surface area contributed by atoms with Crippen molar-refractivity contribution in [3.8, 4) is 0 Å². The van der Waals surface area contributed by atoms with Crippen LogP contribution >= 0.6 is 24.0 Å². The number of piperazine rings is 1. The molecule has 9 heteroatoms. The quantitative estimate of drug-likeness (QED) is 0.243. The molecule has 0 saturated carbocycles. The Morgan fingerprint density at radius 2 is 1.87 bits per heavy atom. The number of amides is 2. The first-order valence-corrected chi connectivity index (χ1v) is 11.4. The molecule has 0 aliphatic carbocycles. The van der Waals surface area contributed by atoms with Gasteiger partial charge in [0, 0.05) is 65.4 Å². The maximum Gasteiger partial charge on any atom is 0.251 e. The van der Waals surface area contributed by atoms with Gasteiger partial charge in [-0.25, -0.2) is 0 Å². The van der Waals surface area contributed by atoms with Crippen molar-refractivity contribution in [3.05, 3.63) is 0 Å². The van der Waals surface area contributed by atoms with Crippen LogP contribution in [0.4, 0.5) is 0 Å². The number of hydrogen-bond acceptors (Lipinski definition) is 4. The molecule has 1 unspecified atom stereocenters. The van der Waals surface area contributed by atoms with Crippen molar-refractivity contribution in [1.29, 1.82) is 0 Å². The second-order valence-electron chi connectivity index (χ2n) is 8.09. The van der Waals surface area contributed by atoms with Gasteiger partial charge in [-0.1, -0.05) is 6.42 Å². The van der Waals surface area contributed by atoms with E-state index in [2.05, 4.69) is 17.1 Å². The Labute approximate surface area is 197 Å². The van der Waals surface area contributed by atoms with Crippen LogP contribution in [0.15, 0.2) is 4.99 Å². The number of nitrogens with one attached hydrogen (secondary N) is 1. The average Bonchev–Trinajstić information content (AvgIpc) is 3.20. The van der Waals surface area contributed by atoms with Crippen LogP contribution in [-0.4, -0.2) is 97.5 Å². The first kappa shape index (κ1) is 25.2. The number of likely N-dealkylation sites (tertiary alicyclic amines) is 1. The summed E-state index contributed by atoms with van der Waals surface area (Å²) in [5.74, 6) is 1.36. The van der Waals surface area contributed by atoms with E-state index >= 15 is 0 Å². The van der Waals surface area contributed by atoms with E-state index in [1.54, 1.807) is 0 Å². The number of carbonyl (C=O) groups excluding carboxylic acids is 2. The van der Waals surface area contributed by atoms with Gasteiger partial charge in [-0.3, -0.25) is 14.6 Å². The molecule has 3 fully saturated rings. The van der Waals surface area contributed by atoms with Gasteiger partial charge in [0.2, 0.25) is 5.91 Å². The molecule has 0 aromatic heterocycles. The zero-order valence-corrected chi connectivity index (χ0v) is 20.6. The normalized spacial score (nSPS) is 23.2. The van der Waals surface area contributed by atoms with E-state index in [1.165, 1.54) is 0 Å². The van der Waals surface area contributed by atoms with Crippen molar-refractivity contribution >= 4 is 41.8 Å². The molecule has 3 rings (SSSR count). The maximum atomic E-state index is 12.5. The van der Waals surface area contributed by atoms with E-state index in [0.29, 0.717) is 38.6 Å². The fourth-order valence-corrected chi connectivity index (χ4v) is 4.26. The lowest BCUT2D eigenvalue weighted by atomic mass is 10.2. The molecule has 8 nitrogen and oxygen atoms in total. The molecule has 3 saturated heterocycles. The van der Waals surface area contributed by atoms with E-state index in [9.17, 15) is 9.59 Å². The fraction of sp³-hybridized carbons (Fsp3) is 0.857. The summed E-state index contributed by atoms with van der Waals surface area (Å²) in [6.07, 6.45) is 6.49. The third-order valence-corrected chi connectivity index (χ3v) is 5.95. The minimum Gasteiger partial charge on any atom is -0.368 e. The summed E-state index contributed by atoms with van der Waals surface area (Å²) in [6, 6.07) is 0. The summed E-state index contributed by atoms with van der Waals surface area (Å²) in [6.45, 7) is 8.99. The SMILES string of the molecule is CCNC(=NCCCN1CCCCCC1=O)N1CCN(C(=O)C2CCCO2)CC1.I. The van der Waals surface area contributed by atoms with Gasteiger partial charge in [-0.05, 0) is 39.0 Å². The summed E-state index contributed by atoms with van der Waals surface area (Å²) < 4.78 is 5.54. The van der Waals surface area contributed by atoms with Crippen LogP contribution < -0.4 is 5.32 Å². The highest BCUT2D eigenvalue weighted by atomic mass is 127. The van der Waals surface area contributed by atoms with Gasteiger partial charge in [-0.2, -0.15) is 0 Å². The summed E-state index contributed by atoms with van der Waals surface area (Å²) in [5.41, 5.74) is 0. The third kappa shape index (κ3) is 7.25. The Morgan fingerprint density at radius 3 is 2.57 bits per heavy atom. The molecule has 2 amide bonds. The van der Waals surface area contributed by atoms with Gasteiger partial charge < -0.3 is 24.8 Å². The lowest BCUT2D eigenvalue weighted by Gasteiger charge is -2.37. The van der Waals surface area contributed by atoms with E-state index < -0.39 is 0 Å². The van der Waals surface area contributed by atoms with Crippen LogP contribution in [0.5, 0.6) is 0 Å². The second kappa shape index (κ2) is 13.3. The number of guanidine groups is 1. The molecule has 172 valence electrons. The number of halogens is 1. The van der Waals surface area contributed by atoms with Gasteiger partial charge >= 0.3 is 0 Å². The highest BCUT2D eigenvalue weighted by Crippen LogP contribution is 2.16. The third-order valence-electron chi connectivity index (χ3n) is 5.95. The summed E-state index contributed by atoms with van der Waals surface area (Å²) in [7, 11) is 0. The molecular weight excluding hydrogens is 497 g/mol. The molecule has 1 N–H and O–H groups in total. The lowest BCUT2D eigenvalue weighted by Crippen LogP contribution is -2.55. The standard InChI is InChI=1S/C21H37N5O3.HI/c1-2-22-21(23-10-7-12-24-11-5-3-4-9-19(24)27)26-15-13-25(14-16-26)20(28)18-8-6-17-29-18;/h18H,2-17H2,1H3,(H,22,23);1H. The van der Waals surface area contributed by atoms with Crippen LogP contribution in [0.2, 0.25) is 0 Å². The van der Waals surface area contributed by atoms with E-state index in [1.807, 2.05) is 9.80 Å². The first-order chi connectivity index (χ1) is 14.2. The number of aliphatic imine (C=N–C) groups is 1. The summed E-state index contributed by atoms with van der Waals surface area (Å²) in [5, 5.41) is 3.38. The average molecular weight is 535 g/mol. The predicted octanol–water partition coefficient (Wildman–Crippen LogP) is 1.69. The van der Waals surface area contributed by atoms with Crippen molar-refractivity contribution in [1.82, 2.24) is 20.0 Å². The van der Waals surface area contributed by atoms with Gasteiger partial charge in [0.15, 0.2) is 5.96 Å². The van der Waals surface area contributed by atoms with Crippen LogP contribution in [0.3, 0.4) is 0 Å². The Bertz CT molecular complexity index is 575. The number of hydrogen-bond donors (Lipinski definition) is 1. The van der Waals surface area contributed by atoms with Crippen LogP contribution in [0.25, 0.3) is 0 Å². The molecule has 3 heterocycles. The molecule has 0 radical (unpaired) electrons. The van der Waals surface area contributed by atoms with Gasteiger partial charge in [0.25, 0.3) is 5.91 Å². The molecule has 0 bridgehead atoms. The van der Waals surface area contributed by atoms with Gasteiger partial charge in [-0.15, -0.1) is 24.0 Å². The van der Waals surface area contributed by atoms with E-state index in [0.717, 1.165) is 77.2 Å². The van der Waals surface area contributed by atoms with E-state index in [4.69, 9.17) is 9.73 Å². The van der Waals surface area contributed by atoms with Crippen LogP contribution in [0, 0.1) is 0 Å². The second-order valence-corrected chi connectivity index (χ2v) is 8.09. The molecule has 3 aliphatic heterocycles. The molecule has 30 heavy (non-hydrogen) atoms. The van der Waals surface area contributed by atoms with Crippen molar-refractivity contribution in [2.45, 2.75) is 58.0 Å².